The Balaban J connectivity index is 1.92. The summed E-state index contributed by atoms with van der Waals surface area (Å²) in [6, 6.07) is 18.4. The molecule has 0 bridgehead atoms. The van der Waals surface area contributed by atoms with Crippen LogP contribution in [-0.4, -0.2) is 52.4 Å². The second-order valence-electron chi connectivity index (χ2n) is 9.95. The van der Waals surface area contributed by atoms with Crippen LogP contribution >= 0.6 is 0 Å². The number of halogens is 3. The number of hydrogen-bond donors (Lipinski definition) is 0. The molecule has 0 aliphatic heterocycles. The Labute approximate surface area is 231 Å². The van der Waals surface area contributed by atoms with E-state index >= 15 is 0 Å². The number of carbonyl (C=O) groups excluding carboxylic acids is 1. The smallest absolute Gasteiger partial charge is 0.327 e. The summed E-state index contributed by atoms with van der Waals surface area (Å²) in [5, 5.41) is 0.435. The molecule has 0 radical (unpaired) electrons. The molecule has 4 aromatic rings. The lowest BCUT2D eigenvalue weighted by Crippen LogP contribution is -2.42. The molecule has 1 amide bonds. The van der Waals surface area contributed by atoms with Crippen molar-refractivity contribution in [1.29, 1.82) is 0 Å². The number of aromatic nitrogens is 2. The van der Waals surface area contributed by atoms with Gasteiger partial charge in [-0.15, -0.1) is 0 Å². The average molecular weight is 551 g/mol. The first-order valence-corrected chi connectivity index (χ1v) is 13.3. The maximum atomic E-state index is 13.9. The Morgan fingerprint density at radius 3 is 2.27 bits per heavy atom. The quantitative estimate of drug-likeness (QED) is 0.252. The third-order valence-electron chi connectivity index (χ3n) is 6.95. The Morgan fingerprint density at radius 2 is 1.65 bits per heavy atom. The van der Waals surface area contributed by atoms with E-state index in [2.05, 4.69) is 0 Å². The second kappa shape index (κ2) is 12.0. The highest BCUT2D eigenvalue weighted by molar-refractivity contribution is 5.94. The predicted molar refractivity (Wildman–Crippen MR) is 151 cm³/mol. The van der Waals surface area contributed by atoms with Crippen LogP contribution in [0.1, 0.15) is 53.6 Å². The average Bonchev–Trinajstić information content (AvgIpc) is 2.94. The van der Waals surface area contributed by atoms with Crippen molar-refractivity contribution in [3.8, 4) is 5.69 Å². The van der Waals surface area contributed by atoms with Crippen LogP contribution in [0.4, 0.5) is 13.2 Å². The van der Waals surface area contributed by atoms with Gasteiger partial charge in [-0.05, 0) is 75.0 Å². The normalized spacial score (nSPS) is 12.6. The van der Waals surface area contributed by atoms with Crippen LogP contribution in [0.2, 0.25) is 0 Å². The van der Waals surface area contributed by atoms with Crippen molar-refractivity contribution in [3.63, 3.8) is 0 Å². The molecule has 9 heteroatoms. The minimum Gasteiger partial charge on any atom is -0.327 e. The summed E-state index contributed by atoms with van der Waals surface area (Å²) in [6.07, 6.45) is -3.37. The molecule has 0 aliphatic rings. The molecule has 4 rings (SSSR count). The predicted octanol–water partition coefficient (Wildman–Crippen LogP) is 6.12. The molecule has 0 fully saturated rings. The zero-order valence-corrected chi connectivity index (χ0v) is 23.1. The molecule has 0 spiro atoms. The van der Waals surface area contributed by atoms with Gasteiger partial charge in [0.15, 0.2) is 0 Å². The third-order valence-corrected chi connectivity index (χ3v) is 6.95. The summed E-state index contributed by atoms with van der Waals surface area (Å²) >= 11 is 0. The highest BCUT2D eigenvalue weighted by Gasteiger charge is 2.33. The van der Waals surface area contributed by atoms with Gasteiger partial charge in [-0.1, -0.05) is 44.2 Å². The molecular weight excluding hydrogens is 517 g/mol. The van der Waals surface area contributed by atoms with E-state index in [9.17, 15) is 22.8 Å². The minimum absolute atomic E-state index is 0.0750. The Morgan fingerprint density at radius 1 is 0.950 bits per heavy atom. The van der Waals surface area contributed by atoms with Crippen molar-refractivity contribution >= 4 is 16.8 Å². The van der Waals surface area contributed by atoms with Crippen molar-refractivity contribution in [2.24, 2.45) is 0 Å². The van der Waals surface area contributed by atoms with Gasteiger partial charge in [0.25, 0.3) is 11.5 Å². The molecule has 1 heterocycles. The largest absolute Gasteiger partial charge is 0.416 e. The maximum absolute atomic E-state index is 13.9. The molecule has 0 saturated carbocycles. The molecule has 0 aliphatic carbocycles. The van der Waals surface area contributed by atoms with E-state index in [0.717, 1.165) is 24.1 Å². The standard InChI is InChI=1S/C31H33F3N4O2/c1-5-21-14-16-24(17-15-21)38-28(35-26-13-8-7-12-25(26)30(38)40)27(6-2)37(19-18-36(3)4)29(39)22-10-9-11-23(20-22)31(32,33)34/h7-17,20,27H,5-6,18-19H2,1-4H3. The topological polar surface area (TPSA) is 58.4 Å². The molecule has 6 nitrogen and oxygen atoms in total. The molecule has 0 N–H and O–H groups in total. The minimum atomic E-state index is -4.58. The molecule has 3 aromatic carbocycles. The Kier molecular flexibility index (Phi) is 8.73. The molecule has 0 saturated heterocycles. The summed E-state index contributed by atoms with van der Waals surface area (Å²) < 4.78 is 42.0. The van der Waals surface area contributed by atoms with Crippen molar-refractivity contribution in [1.82, 2.24) is 19.4 Å². The fraction of sp³-hybridized carbons (Fsp3) is 0.323. The van der Waals surface area contributed by atoms with E-state index in [1.807, 2.05) is 57.1 Å². The first kappa shape index (κ1) is 29.0. The lowest BCUT2D eigenvalue weighted by atomic mass is 10.1. The van der Waals surface area contributed by atoms with Gasteiger partial charge in [0, 0.05) is 18.7 Å². The van der Waals surface area contributed by atoms with E-state index in [1.54, 1.807) is 24.3 Å². The number of carbonyl (C=O) groups is 1. The zero-order chi connectivity index (χ0) is 29.0. The molecule has 1 atom stereocenters. The number of aryl methyl sites for hydroxylation is 1. The summed E-state index contributed by atoms with van der Waals surface area (Å²) in [4.78, 5) is 36.1. The highest BCUT2D eigenvalue weighted by Crippen LogP contribution is 2.32. The zero-order valence-electron chi connectivity index (χ0n) is 23.1. The molecule has 1 unspecified atom stereocenters. The van der Waals surface area contributed by atoms with Crippen LogP contribution in [0, 0.1) is 0 Å². The van der Waals surface area contributed by atoms with Crippen LogP contribution in [0.3, 0.4) is 0 Å². The van der Waals surface area contributed by atoms with Crippen LogP contribution in [0.15, 0.2) is 77.6 Å². The second-order valence-corrected chi connectivity index (χ2v) is 9.95. The van der Waals surface area contributed by atoms with Crippen LogP contribution in [0.25, 0.3) is 16.6 Å². The van der Waals surface area contributed by atoms with Crippen molar-refractivity contribution in [3.05, 3.63) is 106 Å². The van der Waals surface area contributed by atoms with Gasteiger partial charge in [0.2, 0.25) is 0 Å². The van der Waals surface area contributed by atoms with Gasteiger partial charge in [0.1, 0.15) is 5.82 Å². The van der Waals surface area contributed by atoms with Crippen LogP contribution in [-0.2, 0) is 12.6 Å². The first-order valence-electron chi connectivity index (χ1n) is 13.3. The van der Waals surface area contributed by atoms with Gasteiger partial charge >= 0.3 is 6.18 Å². The van der Waals surface area contributed by atoms with E-state index in [4.69, 9.17) is 4.98 Å². The van der Waals surface area contributed by atoms with E-state index in [1.165, 1.54) is 21.6 Å². The number of alkyl halides is 3. The SMILES string of the molecule is CCc1ccc(-n2c(C(CC)N(CCN(C)C)C(=O)c3cccc(C(F)(F)F)c3)nc3ccccc3c2=O)cc1. The van der Waals surface area contributed by atoms with Crippen molar-refractivity contribution in [2.45, 2.75) is 38.9 Å². The fourth-order valence-electron chi connectivity index (χ4n) is 4.75. The van der Waals surface area contributed by atoms with Crippen molar-refractivity contribution < 1.29 is 18.0 Å². The first-order chi connectivity index (χ1) is 19.0. The molecular formula is C31H33F3N4O2. The Hall–Kier alpha value is -3.98. The van der Waals surface area contributed by atoms with Gasteiger partial charge in [0.05, 0.1) is 28.2 Å². The monoisotopic (exact) mass is 550 g/mol. The summed E-state index contributed by atoms with van der Waals surface area (Å²) in [7, 11) is 3.71. The molecule has 210 valence electrons. The number of nitrogens with zero attached hydrogens (tertiary/aromatic N) is 4. The summed E-state index contributed by atoms with van der Waals surface area (Å²) in [5.41, 5.74) is 0.952. The Bertz CT molecular complexity index is 1550. The number of fused-ring (bicyclic) bond motifs is 1. The van der Waals surface area contributed by atoms with E-state index < -0.39 is 23.7 Å². The maximum Gasteiger partial charge on any atom is 0.416 e. The van der Waals surface area contributed by atoms with E-state index in [0.29, 0.717) is 35.4 Å². The summed E-state index contributed by atoms with van der Waals surface area (Å²) in [5.74, 6) is -0.204. The number of hydrogen-bond acceptors (Lipinski definition) is 4. The summed E-state index contributed by atoms with van der Waals surface area (Å²) in [6.45, 7) is 4.60. The number of likely N-dealkylation sites (N-methyl/N-ethyl adjacent to an activating group) is 1. The fourth-order valence-corrected chi connectivity index (χ4v) is 4.75. The molecule has 40 heavy (non-hydrogen) atoms. The number of amides is 1. The van der Waals surface area contributed by atoms with Crippen molar-refractivity contribution in [2.75, 3.05) is 27.2 Å². The van der Waals surface area contributed by atoms with Crippen LogP contribution in [0.5, 0.6) is 0 Å². The lowest BCUT2D eigenvalue weighted by Gasteiger charge is -2.33. The van der Waals surface area contributed by atoms with E-state index in [-0.39, 0.29) is 17.7 Å². The number of benzene rings is 3. The van der Waals surface area contributed by atoms with Gasteiger partial charge in [-0.25, -0.2) is 4.98 Å². The number of para-hydroxylation sites is 1. The third kappa shape index (κ3) is 6.09. The molecule has 1 aromatic heterocycles. The van der Waals surface area contributed by atoms with Gasteiger partial charge in [-0.2, -0.15) is 13.2 Å². The van der Waals surface area contributed by atoms with Gasteiger partial charge < -0.3 is 9.80 Å². The highest BCUT2D eigenvalue weighted by atomic mass is 19.4. The van der Waals surface area contributed by atoms with Gasteiger partial charge in [-0.3, -0.25) is 14.2 Å². The lowest BCUT2D eigenvalue weighted by molar-refractivity contribution is -0.137. The van der Waals surface area contributed by atoms with Crippen LogP contribution < -0.4 is 5.56 Å². The number of rotatable bonds is 9.